The first-order chi connectivity index (χ1) is 7.29. The minimum absolute atomic E-state index is 0.403. The van der Waals surface area contributed by atoms with E-state index in [0.717, 1.165) is 22.6 Å². The van der Waals surface area contributed by atoms with Gasteiger partial charge in [-0.3, -0.25) is 9.97 Å². The van der Waals surface area contributed by atoms with Crippen molar-refractivity contribution in [1.29, 1.82) is 0 Å². The largest absolute Gasteiger partial charge is 0.325 e. The molecule has 0 bridgehead atoms. The van der Waals surface area contributed by atoms with Gasteiger partial charge in [-0.15, -0.1) is 0 Å². The average molecular weight is 200 g/mol. The Morgan fingerprint density at radius 2 is 2.07 bits per heavy atom. The molecule has 2 N–H and O–H groups in total. The van der Waals surface area contributed by atoms with E-state index in [4.69, 9.17) is 5.73 Å². The van der Waals surface area contributed by atoms with Crippen LogP contribution in [0.15, 0.2) is 30.7 Å². The topological polar surface area (TPSA) is 64.7 Å². The SMILES string of the molecule is Cc1ccc(-c2cncc(CN)n2)cn1. The Labute approximate surface area is 88.2 Å². The lowest BCUT2D eigenvalue weighted by molar-refractivity contribution is 0.966. The van der Waals surface area contributed by atoms with Crippen LogP contribution in [0.4, 0.5) is 0 Å². The lowest BCUT2D eigenvalue weighted by atomic mass is 10.2. The van der Waals surface area contributed by atoms with Gasteiger partial charge in [0.1, 0.15) is 0 Å². The second-order valence-corrected chi connectivity index (χ2v) is 3.29. The zero-order valence-electron chi connectivity index (χ0n) is 8.51. The predicted octanol–water partition coefficient (Wildman–Crippen LogP) is 1.31. The maximum Gasteiger partial charge on any atom is 0.0904 e. The Hall–Kier alpha value is -1.81. The molecule has 2 heterocycles. The summed E-state index contributed by atoms with van der Waals surface area (Å²) in [5.41, 5.74) is 9.05. The molecule has 2 aromatic heterocycles. The molecule has 0 unspecified atom stereocenters. The molecule has 2 rings (SSSR count). The minimum Gasteiger partial charge on any atom is -0.325 e. The molecule has 76 valence electrons. The molecule has 0 aliphatic carbocycles. The summed E-state index contributed by atoms with van der Waals surface area (Å²) in [7, 11) is 0. The number of pyridine rings is 1. The van der Waals surface area contributed by atoms with E-state index in [1.165, 1.54) is 0 Å². The smallest absolute Gasteiger partial charge is 0.0904 e. The highest BCUT2D eigenvalue weighted by molar-refractivity contribution is 5.56. The van der Waals surface area contributed by atoms with Crippen LogP contribution in [0.1, 0.15) is 11.4 Å². The molecule has 0 saturated heterocycles. The number of rotatable bonds is 2. The second kappa shape index (κ2) is 4.14. The summed E-state index contributed by atoms with van der Waals surface area (Å²) in [4.78, 5) is 12.7. The van der Waals surface area contributed by atoms with Gasteiger partial charge >= 0.3 is 0 Å². The van der Waals surface area contributed by atoms with Gasteiger partial charge in [-0.2, -0.15) is 0 Å². The van der Waals surface area contributed by atoms with E-state index in [1.807, 2.05) is 19.1 Å². The Bertz CT molecular complexity index is 450. The van der Waals surface area contributed by atoms with Gasteiger partial charge in [0, 0.05) is 30.2 Å². The number of hydrogen-bond acceptors (Lipinski definition) is 4. The highest BCUT2D eigenvalue weighted by atomic mass is 14.8. The van der Waals surface area contributed by atoms with Crippen molar-refractivity contribution in [2.75, 3.05) is 0 Å². The molecule has 0 aromatic carbocycles. The van der Waals surface area contributed by atoms with Crippen LogP contribution in [-0.4, -0.2) is 15.0 Å². The van der Waals surface area contributed by atoms with Crippen molar-refractivity contribution in [1.82, 2.24) is 15.0 Å². The van der Waals surface area contributed by atoms with Gasteiger partial charge in [-0.05, 0) is 19.1 Å². The molecule has 0 atom stereocenters. The van der Waals surface area contributed by atoms with Crippen LogP contribution >= 0.6 is 0 Å². The third-order valence-electron chi connectivity index (χ3n) is 2.10. The van der Waals surface area contributed by atoms with Crippen LogP contribution in [0.5, 0.6) is 0 Å². The van der Waals surface area contributed by atoms with Crippen LogP contribution in [0.2, 0.25) is 0 Å². The molecule has 4 heteroatoms. The molecule has 0 aliphatic heterocycles. The molecule has 4 nitrogen and oxygen atoms in total. The molecule has 0 spiro atoms. The van der Waals surface area contributed by atoms with Gasteiger partial charge in [-0.25, -0.2) is 4.98 Å². The zero-order chi connectivity index (χ0) is 10.7. The van der Waals surface area contributed by atoms with E-state index in [-0.39, 0.29) is 0 Å². The van der Waals surface area contributed by atoms with Gasteiger partial charge in [0.05, 0.1) is 17.6 Å². The molecular weight excluding hydrogens is 188 g/mol. The first kappa shape index (κ1) is 9.73. The Morgan fingerprint density at radius 3 is 2.73 bits per heavy atom. The van der Waals surface area contributed by atoms with Crippen molar-refractivity contribution in [2.24, 2.45) is 5.73 Å². The molecule has 0 amide bonds. The fraction of sp³-hybridized carbons (Fsp3) is 0.182. The van der Waals surface area contributed by atoms with Crippen molar-refractivity contribution in [3.05, 3.63) is 42.1 Å². The van der Waals surface area contributed by atoms with Crippen molar-refractivity contribution in [3.8, 4) is 11.3 Å². The van der Waals surface area contributed by atoms with Gasteiger partial charge in [0.15, 0.2) is 0 Å². The summed E-state index contributed by atoms with van der Waals surface area (Å²) in [5.74, 6) is 0. The van der Waals surface area contributed by atoms with Crippen molar-refractivity contribution in [2.45, 2.75) is 13.5 Å². The van der Waals surface area contributed by atoms with E-state index in [9.17, 15) is 0 Å². The van der Waals surface area contributed by atoms with Crippen LogP contribution < -0.4 is 5.73 Å². The molecule has 0 saturated carbocycles. The summed E-state index contributed by atoms with van der Waals surface area (Å²) >= 11 is 0. The number of nitrogens with zero attached hydrogens (tertiary/aromatic N) is 3. The fourth-order valence-electron chi connectivity index (χ4n) is 1.26. The second-order valence-electron chi connectivity index (χ2n) is 3.29. The average Bonchev–Trinajstić information content (AvgIpc) is 2.30. The third-order valence-corrected chi connectivity index (χ3v) is 2.10. The van der Waals surface area contributed by atoms with Crippen molar-refractivity contribution >= 4 is 0 Å². The standard InChI is InChI=1S/C11H12N4/c1-8-2-3-9(5-14-8)11-7-13-6-10(4-12)15-11/h2-3,5-7H,4,12H2,1H3. The zero-order valence-corrected chi connectivity index (χ0v) is 8.51. The summed E-state index contributed by atoms with van der Waals surface area (Å²) in [6, 6.07) is 3.93. The summed E-state index contributed by atoms with van der Waals surface area (Å²) in [6.07, 6.45) is 5.18. The fourth-order valence-corrected chi connectivity index (χ4v) is 1.26. The van der Waals surface area contributed by atoms with Gasteiger partial charge in [0.25, 0.3) is 0 Å². The van der Waals surface area contributed by atoms with Crippen LogP contribution in [-0.2, 0) is 6.54 Å². The van der Waals surface area contributed by atoms with E-state index in [0.29, 0.717) is 6.54 Å². The summed E-state index contributed by atoms with van der Waals surface area (Å²) in [6.45, 7) is 2.35. The molecule has 0 fully saturated rings. The predicted molar refractivity (Wildman–Crippen MR) is 57.9 cm³/mol. The maximum absolute atomic E-state index is 5.50. The molecule has 0 aliphatic rings. The quantitative estimate of drug-likeness (QED) is 0.793. The van der Waals surface area contributed by atoms with E-state index < -0.39 is 0 Å². The molecule has 0 radical (unpaired) electrons. The monoisotopic (exact) mass is 200 g/mol. The third kappa shape index (κ3) is 2.16. The van der Waals surface area contributed by atoms with E-state index in [1.54, 1.807) is 18.6 Å². The number of aryl methyl sites for hydroxylation is 1. The highest BCUT2D eigenvalue weighted by Gasteiger charge is 2.01. The first-order valence-electron chi connectivity index (χ1n) is 4.73. The van der Waals surface area contributed by atoms with Gasteiger partial charge in [-0.1, -0.05) is 0 Å². The van der Waals surface area contributed by atoms with E-state index >= 15 is 0 Å². The normalized spacial score (nSPS) is 10.3. The highest BCUT2D eigenvalue weighted by Crippen LogP contribution is 2.14. The lowest BCUT2D eigenvalue weighted by Gasteiger charge is -2.02. The number of nitrogens with two attached hydrogens (primary N) is 1. The van der Waals surface area contributed by atoms with Crippen LogP contribution in [0.3, 0.4) is 0 Å². The maximum atomic E-state index is 5.50. The Morgan fingerprint density at radius 1 is 1.20 bits per heavy atom. The molecule has 2 aromatic rings. The van der Waals surface area contributed by atoms with Crippen molar-refractivity contribution < 1.29 is 0 Å². The first-order valence-corrected chi connectivity index (χ1v) is 4.73. The summed E-state index contributed by atoms with van der Waals surface area (Å²) < 4.78 is 0. The van der Waals surface area contributed by atoms with Crippen LogP contribution in [0.25, 0.3) is 11.3 Å². The van der Waals surface area contributed by atoms with Crippen molar-refractivity contribution in [3.63, 3.8) is 0 Å². The molecular formula is C11H12N4. The number of aromatic nitrogens is 3. The number of hydrogen-bond donors (Lipinski definition) is 1. The minimum atomic E-state index is 0.403. The van der Waals surface area contributed by atoms with Gasteiger partial charge in [0.2, 0.25) is 0 Å². The van der Waals surface area contributed by atoms with Gasteiger partial charge < -0.3 is 5.73 Å². The Kier molecular flexibility index (Phi) is 2.69. The van der Waals surface area contributed by atoms with E-state index in [2.05, 4.69) is 15.0 Å². The molecule has 15 heavy (non-hydrogen) atoms. The van der Waals surface area contributed by atoms with Crippen LogP contribution in [0, 0.1) is 6.92 Å². The Balaban J connectivity index is 2.40. The summed E-state index contributed by atoms with van der Waals surface area (Å²) in [5, 5.41) is 0. The lowest BCUT2D eigenvalue weighted by Crippen LogP contribution is -2.01.